The summed E-state index contributed by atoms with van der Waals surface area (Å²) in [5.74, 6) is 0.796. The Balaban J connectivity index is 3.88. The molecule has 1 atom stereocenters. The topological polar surface area (TPSA) is 0 Å². The second-order valence-corrected chi connectivity index (χ2v) is 5.74. The van der Waals surface area contributed by atoms with Crippen LogP contribution in [0.4, 0.5) is 0 Å². The average Bonchev–Trinajstić information content (AvgIpc) is 1.62. The fraction of sp³-hybridized carbons (Fsp3) is 0.875. The van der Waals surface area contributed by atoms with Gasteiger partial charge in [0.25, 0.3) is 0 Å². The molecule has 1 radical (unpaired) electrons. The zero-order chi connectivity index (χ0) is 7.65. The number of hydrogen-bond donors (Lipinski definition) is 0. The fourth-order valence-corrected chi connectivity index (χ4v) is 1.73. The van der Waals surface area contributed by atoms with Crippen LogP contribution in [0.25, 0.3) is 0 Å². The first-order chi connectivity index (χ1) is 3.85. The first-order valence-corrected chi connectivity index (χ1v) is 4.65. The molecule has 0 N–H and O–H groups in total. The molecule has 0 aliphatic carbocycles. The molecular weight excluding hydrogens is 124 g/mol. The molecule has 9 heavy (non-hydrogen) atoms. The van der Waals surface area contributed by atoms with Gasteiger partial charge in [0, 0.05) is 10.2 Å². The van der Waals surface area contributed by atoms with Gasteiger partial charge in [0.15, 0.2) is 0 Å². The highest BCUT2D eigenvalue weighted by Crippen LogP contribution is 2.30. The largest absolute Gasteiger partial charge is 0.0625 e. The summed E-state index contributed by atoms with van der Waals surface area (Å²) in [4.78, 5) is 0. The monoisotopic (exact) mass is 143 g/mol. The van der Waals surface area contributed by atoms with Gasteiger partial charge >= 0.3 is 0 Å². The molecule has 0 rings (SSSR count). The molecule has 0 heterocycles. The van der Waals surface area contributed by atoms with Crippen molar-refractivity contribution in [2.24, 2.45) is 11.3 Å². The molecule has 0 amide bonds. The Morgan fingerprint density at radius 1 is 1.33 bits per heavy atom. The first-order valence-electron chi connectivity index (χ1n) is 3.65. The molecule has 0 spiro atoms. The maximum Gasteiger partial charge on any atom is 0.0110 e. The molecule has 0 aromatic rings. The summed E-state index contributed by atoms with van der Waals surface area (Å²) in [6.45, 7) is 11.5. The molecule has 0 fully saturated rings. The lowest BCUT2D eigenvalue weighted by molar-refractivity contribution is 0.289. The van der Waals surface area contributed by atoms with E-state index in [4.69, 9.17) is 0 Å². The second-order valence-electron chi connectivity index (χ2n) is 4.17. The highest BCUT2D eigenvalue weighted by atomic mass is 28.1. The number of rotatable bonds is 1. The first kappa shape index (κ1) is 9.22. The van der Waals surface area contributed by atoms with E-state index in [1.54, 1.807) is 5.54 Å². The van der Waals surface area contributed by atoms with Crippen LogP contribution in [0.5, 0.6) is 0 Å². The third-order valence-electron chi connectivity index (χ3n) is 2.17. The minimum Gasteiger partial charge on any atom is -0.0625 e. The molecular formula is C8H19Si. The molecule has 0 saturated carbocycles. The van der Waals surface area contributed by atoms with E-state index in [-0.39, 0.29) is 0 Å². The normalized spacial score (nSPS) is 16.7. The summed E-state index contributed by atoms with van der Waals surface area (Å²) in [6, 6.07) is 0. The van der Waals surface area contributed by atoms with Crippen molar-refractivity contribution >= 4 is 10.2 Å². The Labute approximate surface area is 62.5 Å². The van der Waals surface area contributed by atoms with E-state index in [0.717, 1.165) is 5.92 Å². The van der Waals surface area contributed by atoms with Crippen molar-refractivity contribution in [3.8, 4) is 0 Å². The van der Waals surface area contributed by atoms with Gasteiger partial charge in [0.2, 0.25) is 0 Å². The van der Waals surface area contributed by atoms with E-state index in [0.29, 0.717) is 5.41 Å². The molecule has 0 nitrogen and oxygen atoms in total. The summed E-state index contributed by atoms with van der Waals surface area (Å²) in [6.07, 6.45) is 0. The maximum atomic E-state index is 2.32. The Bertz CT molecular complexity index is 79.1. The van der Waals surface area contributed by atoms with E-state index >= 15 is 0 Å². The van der Waals surface area contributed by atoms with Gasteiger partial charge in [0.1, 0.15) is 0 Å². The molecule has 0 aromatic heterocycles. The third kappa shape index (κ3) is 3.04. The molecule has 0 aliphatic heterocycles. The summed E-state index contributed by atoms with van der Waals surface area (Å²) in [5.41, 5.74) is 2.15. The van der Waals surface area contributed by atoms with Gasteiger partial charge in [-0.25, -0.2) is 0 Å². The Hall–Kier alpha value is 0.217. The lowest BCUT2D eigenvalue weighted by Gasteiger charge is -2.30. The van der Waals surface area contributed by atoms with E-state index in [1.807, 2.05) is 0 Å². The van der Waals surface area contributed by atoms with E-state index in [1.165, 1.54) is 10.2 Å². The van der Waals surface area contributed by atoms with Gasteiger partial charge in [-0.15, -0.1) is 0 Å². The highest BCUT2D eigenvalue weighted by Gasteiger charge is 2.22. The Morgan fingerprint density at radius 2 is 1.67 bits per heavy atom. The van der Waals surface area contributed by atoms with Gasteiger partial charge in [-0.1, -0.05) is 34.6 Å². The minimum atomic E-state index is 0.478. The van der Waals surface area contributed by atoms with Crippen molar-refractivity contribution in [3.05, 3.63) is 5.54 Å². The molecule has 0 aromatic carbocycles. The molecule has 0 aliphatic rings. The van der Waals surface area contributed by atoms with Crippen molar-refractivity contribution < 1.29 is 0 Å². The quantitative estimate of drug-likeness (QED) is 0.489. The minimum absolute atomic E-state index is 0.478. The van der Waals surface area contributed by atoms with E-state index in [9.17, 15) is 0 Å². The standard InChI is InChI=1S/C8H19Si/c1-6(7(2)9)8(3,4)5/h6H,1-5,9H3. The number of hydrogen-bond acceptors (Lipinski definition) is 0. The summed E-state index contributed by atoms with van der Waals surface area (Å²) in [7, 11) is 1.25. The predicted octanol–water partition coefficient (Wildman–Crippen LogP) is 1.59. The molecule has 1 heteroatoms. The van der Waals surface area contributed by atoms with Gasteiger partial charge in [-0.3, -0.25) is 0 Å². The highest BCUT2D eigenvalue weighted by molar-refractivity contribution is 6.18. The zero-order valence-electron chi connectivity index (χ0n) is 7.58. The summed E-state index contributed by atoms with van der Waals surface area (Å²) >= 11 is 0. The summed E-state index contributed by atoms with van der Waals surface area (Å²) in [5, 5.41) is 0. The van der Waals surface area contributed by atoms with Crippen LogP contribution in [0.15, 0.2) is 0 Å². The SMILES string of the molecule is C[C]([SiH3])C(C)C(C)(C)C. The molecule has 1 unspecified atom stereocenters. The lowest BCUT2D eigenvalue weighted by Crippen LogP contribution is -2.22. The van der Waals surface area contributed by atoms with Crippen molar-refractivity contribution in [1.29, 1.82) is 0 Å². The van der Waals surface area contributed by atoms with Crippen molar-refractivity contribution in [1.82, 2.24) is 0 Å². The Kier molecular flexibility index (Phi) is 2.94. The van der Waals surface area contributed by atoms with Gasteiger partial charge < -0.3 is 0 Å². The molecule has 0 saturated heterocycles. The van der Waals surface area contributed by atoms with Crippen LogP contribution < -0.4 is 0 Å². The van der Waals surface area contributed by atoms with Crippen LogP contribution in [0.1, 0.15) is 34.6 Å². The predicted molar refractivity (Wildman–Crippen MR) is 47.5 cm³/mol. The van der Waals surface area contributed by atoms with Gasteiger partial charge in [-0.2, -0.15) is 0 Å². The maximum absolute atomic E-state index is 2.32. The van der Waals surface area contributed by atoms with Crippen LogP contribution >= 0.6 is 0 Å². The van der Waals surface area contributed by atoms with Gasteiger partial charge in [-0.05, 0) is 16.9 Å². The fourth-order valence-electron chi connectivity index (χ4n) is 0.866. The summed E-state index contributed by atoms with van der Waals surface area (Å²) < 4.78 is 0. The van der Waals surface area contributed by atoms with Gasteiger partial charge in [0.05, 0.1) is 0 Å². The lowest BCUT2D eigenvalue weighted by atomic mass is 9.80. The zero-order valence-corrected chi connectivity index (χ0v) is 9.58. The van der Waals surface area contributed by atoms with Crippen LogP contribution in [0, 0.1) is 16.9 Å². The molecule has 55 valence electrons. The smallest absolute Gasteiger partial charge is 0.0110 e. The third-order valence-corrected chi connectivity index (χ3v) is 3.03. The van der Waals surface area contributed by atoms with Crippen LogP contribution in [0.2, 0.25) is 0 Å². The van der Waals surface area contributed by atoms with Crippen LogP contribution in [-0.2, 0) is 0 Å². The van der Waals surface area contributed by atoms with Crippen molar-refractivity contribution in [2.45, 2.75) is 34.6 Å². The second kappa shape index (κ2) is 2.87. The van der Waals surface area contributed by atoms with E-state index < -0.39 is 0 Å². The Morgan fingerprint density at radius 3 is 1.67 bits per heavy atom. The molecule has 0 bridgehead atoms. The van der Waals surface area contributed by atoms with Crippen LogP contribution in [0.3, 0.4) is 0 Å². The van der Waals surface area contributed by atoms with Crippen LogP contribution in [-0.4, -0.2) is 10.2 Å². The van der Waals surface area contributed by atoms with Crippen molar-refractivity contribution in [2.75, 3.05) is 0 Å². The average molecular weight is 143 g/mol. The van der Waals surface area contributed by atoms with E-state index in [2.05, 4.69) is 34.6 Å². The van der Waals surface area contributed by atoms with Crippen molar-refractivity contribution in [3.63, 3.8) is 0 Å².